The molecule has 0 amide bonds. The van der Waals surface area contributed by atoms with Crippen molar-refractivity contribution < 1.29 is 0 Å². The Morgan fingerprint density at radius 2 is 1.84 bits per heavy atom. The fourth-order valence-electron chi connectivity index (χ4n) is 1.64. The Bertz CT molecular complexity index is 379. The van der Waals surface area contributed by atoms with Crippen LogP contribution in [0, 0.1) is 0 Å². The molecule has 0 bridgehead atoms. The van der Waals surface area contributed by atoms with Gasteiger partial charge in [0, 0.05) is 18.6 Å². The van der Waals surface area contributed by atoms with Gasteiger partial charge in [-0.05, 0) is 32.8 Å². The van der Waals surface area contributed by atoms with Gasteiger partial charge < -0.3 is 16.4 Å². The van der Waals surface area contributed by atoms with Crippen LogP contribution < -0.4 is 16.4 Å². The summed E-state index contributed by atoms with van der Waals surface area (Å²) >= 11 is 0. The van der Waals surface area contributed by atoms with E-state index in [2.05, 4.69) is 48.5 Å². The van der Waals surface area contributed by atoms with Gasteiger partial charge >= 0.3 is 0 Å². The number of rotatable bonds is 6. The summed E-state index contributed by atoms with van der Waals surface area (Å²) in [5, 5.41) is 6.50. The van der Waals surface area contributed by atoms with Crippen LogP contribution in [0.15, 0.2) is 35.3 Å². The Morgan fingerprint density at radius 3 is 2.47 bits per heavy atom. The topological polar surface area (TPSA) is 62.4 Å². The van der Waals surface area contributed by atoms with Crippen LogP contribution in [0.4, 0.5) is 0 Å². The molecule has 0 atom stereocenters. The van der Waals surface area contributed by atoms with Gasteiger partial charge in [0.1, 0.15) is 0 Å². The summed E-state index contributed by atoms with van der Waals surface area (Å²) < 4.78 is 0. The van der Waals surface area contributed by atoms with Crippen molar-refractivity contribution in [1.29, 1.82) is 0 Å². The summed E-state index contributed by atoms with van der Waals surface area (Å²) in [4.78, 5) is 4.28. The Kier molecular flexibility index (Phi) is 6.36. The smallest absolute Gasteiger partial charge is 0.188 e. The molecule has 0 aliphatic carbocycles. The third-order valence-corrected chi connectivity index (χ3v) is 2.61. The molecule has 4 N–H and O–H groups in total. The van der Waals surface area contributed by atoms with E-state index < -0.39 is 0 Å². The zero-order chi connectivity index (χ0) is 14.1. The second-order valence-electron chi connectivity index (χ2n) is 5.61. The van der Waals surface area contributed by atoms with Crippen molar-refractivity contribution in [2.75, 3.05) is 19.6 Å². The molecule has 1 aromatic carbocycles. The minimum Gasteiger partial charge on any atom is -0.370 e. The molecule has 4 heteroatoms. The van der Waals surface area contributed by atoms with Gasteiger partial charge in [-0.3, -0.25) is 4.99 Å². The normalized spacial score (nSPS) is 12.5. The molecule has 19 heavy (non-hydrogen) atoms. The van der Waals surface area contributed by atoms with Crippen molar-refractivity contribution in [2.24, 2.45) is 10.7 Å². The van der Waals surface area contributed by atoms with Crippen molar-refractivity contribution in [1.82, 2.24) is 10.6 Å². The summed E-state index contributed by atoms with van der Waals surface area (Å²) in [5.41, 5.74) is 7.23. The predicted molar refractivity (Wildman–Crippen MR) is 82.4 cm³/mol. The van der Waals surface area contributed by atoms with Crippen molar-refractivity contribution in [3.8, 4) is 0 Å². The summed E-state index contributed by atoms with van der Waals surface area (Å²) in [6.07, 6.45) is 0.956. The number of nitrogens with two attached hydrogens (primary N) is 1. The molecule has 1 aromatic rings. The highest BCUT2D eigenvalue weighted by molar-refractivity contribution is 5.77. The minimum atomic E-state index is 0.130. The van der Waals surface area contributed by atoms with Crippen molar-refractivity contribution in [2.45, 2.75) is 32.7 Å². The van der Waals surface area contributed by atoms with Gasteiger partial charge in [0.05, 0.1) is 6.54 Å². The first-order chi connectivity index (χ1) is 8.97. The highest BCUT2D eigenvalue weighted by Crippen LogP contribution is 1.98. The maximum absolute atomic E-state index is 5.80. The number of nitrogens with zero attached hydrogens (tertiary/aromatic N) is 1. The molecule has 0 unspecified atom stereocenters. The highest BCUT2D eigenvalue weighted by atomic mass is 15.1. The number of benzene rings is 1. The standard InChI is InChI=1S/C15H26N4/c1-15(2,3)19-12-11-18-14(16)17-10-9-13-7-5-4-6-8-13/h4-8,19H,9-12H2,1-3H3,(H3,16,17,18). The molecule has 0 saturated carbocycles. The second-order valence-corrected chi connectivity index (χ2v) is 5.61. The lowest BCUT2D eigenvalue weighted by Crippen LogP contribution is -2.38. The summed E-state index contributed by atoms with van der Waals surface area (Å²) in [5.74, 6) is 0.520. The number of hydrogen-bond donors (Lipinski definition) is 3. The summed E-state index contributed by atoms with van der Waals surface area (Å²) in [6.45, 7) is 8.76. The fourth-order valence-corrected chi connectivity index (χ4v) is 1.64. The Morgan fingerprint density at radius 1 is 1.16 bits per heavy atom. The SMILES string of the molecule is CC(C)(C)NCCN=C(N)NCCc1ccccc1. The summed E-state index contributed by atoms with van der Waals surface area (Å²) in [6, 6.07) is 10.3. The van der Waals surface area contributed by atoms with Gasteiger partial charge in [-0.1, -0.05) is 30.3 Å². The zero-order valence-corrected chi connectivity index (χ0v) is 12.2. The molecule has 0 aliphatic rings. The lowest BCUT2D eigenvalue weighted by molar-refractivity contribution is 0.432. The van der Waals surface area contributed by atoms with Crippen LogP contribution in [0.1, 0.15) is 26.3 Å². The molecule has 0 aliphatic heterocycles. The van der Waals surface area contributed by atoms with Crippen LogP contribution >= 0.6 is 0 Å². The van der Waals surface area contributed by atoms with E-state index in [1.807, 2.05) is 18.2 Å². The first-order valence-electron chi connectivity index (χ1n) is 6.80. The average molecular weight is 262 g/mol. The van der Waals surface area contributed by atoms with Crippen LogP contribution in [0.25, 0.3) is 0 Å². The number of nitrogens with one attached hydrogen (secondary N) is 2. The van der Waals surface area contributed by atoms with Crippen LogP contribution in [-0.4, -0.2) is 31.1 Å². The largest absolute Gasteiger partial charge is 0.370 e. The Hall–Kier alpha value is -1.55. The molecule has 1 rings (SSSR count). The first kappa shape index (κ1) is 15.5. The molecule has 0 radical (unpaired) electrons. The lowest BCUT2D eigenvalue weighted by Gasteiger charge is -2.19. The highest BCUT2D eigenvalue weighted by Gasteiger charge is 2.06. The lowest BCUT2D eigenvalue weighted by atomic mass is 10.1. The third kappa shape index (κ3) is 8.21. The molecule has 106 valence electrons. The maximum Gasteiger partial charge on any atom is 0.188 e. The van der Waals surface area contributed by atoms with Gasteiger partial charge in [-0.15, -0.1) is 0 Å². The molecular formula is C15H26N4. The number of guanidine groups is 1. The third-order valence-electron chi connectivity index (χ3n) is 2.61. The van der Waals surface area contributed by atoms with Crippen molar-refractivity contribution in [3.05, 3.63) is 35.9 Å². The van der Waals surface area contributed by atoms with Crippen LogP contribution in [0.2, 0.25) is 0 Å². The van der Waals surface area contributed by atoms with E-state index in [1.165, 1.54) is 5.56 Å². The van der Waals surface area contributed by atoms with Crippen LogP contribution in [-0.2, 0) is 6.42 Å². The molecular weight excluding hydrogens is 236 g/mol. The summed E-state index contributed by atoms with van der Waals surface area (Å²) in [7, 11) is 0. The van der Waals surface area contributed by atoms with E-state index in [1.54, 1.807) is 0 Å². The minimum absolute atomic E-state index is 0.130. The van der Waals surface area contributed by atoms with Gasteiger partial charge in [-0.2, -0.15) is 0 Å². The van der Waals surface area contributed by atoms with Gasteiger partial charge in [0.15, 0.2) is 5.96 Å². The molecule has 0 saturated heterocycles. The zero-order valence-electron chi connectivity index (χ0n) is 12.2. The molecule has 4 nitrogen and oxygen atoms in total. The van der Waals surface area contributed by atoms with Crippen molar-refractivity contribution >= 4 is 5.96 Å². The Labute approximate surface area is 116 Å². The van der Waals surface area contributed by atoms with E-state index in [9.17, 15) is 0 Å². The monoisotopic (exact) mass is 262 g/mol. The molecule has 0 spiro atoms. The van der Waals surface area contributed by atoms with Gasteiger partial charge in [-0.25, -0.2) is 0 Å². The maximum atomic E-state index is 5.80. The van der Waals surface area contributed by atoms with Crippen LogP contribution in [0.3, 0.4) is 0 Å². The predicted octanol–water partition coefficient (Wildman–Crippen LogP) is 1.52. The van der Waals surface area contributed by atoms with E-state index in [-0.39, 0.29) is 5.54 Å². The van der Waals surface area contributed by atoms with E-state index in [0.29, 0.717) is 12.5 Å². The van der Waals surface area contributed by atoms with Crippen molar-refractivity contribution in [3.63, 3.8) is 0 Å². The van der Waals surface area contributed by atoms with E-state index in [4.69, 9.17) is 5.73 Å². The van der Waals surface area contributed by atoms with Gasteiger partial charge in [0.25, 0.3) is 0 Å². The average Bonchev–Trinajstić information content (AvgIpc) is 2.35. The molecule has 0 aromatic heterocycles. The first-order valence-corrected chi connectivity index (χ1v) is 6.80. The van der Waals surface area contributed by atoms with Crippen LogP contribution in [0.5, 0.6) is 0 Å². The quantitative estimate of drug-likeness (QED) is 0.414. The van der Waals surface area contributed by atoms with E-state index in [0.717, 1.165) is 19.5 Å². The molecule has 0 heterocycles. The Balaban J connectivity index is 2.15. The number of aliphatic imine (C=N–C) groups is 1. The molecule has 0 fully saturated rings. The van der Waals surface area contributed by atoms with E-state index >= 15 is 0 Å². The second kappa shape index (κ2) is 7.79. The number of hydrogen-bond acceptors (Lipinski definition) is 2. The van der Waals surface area contributed by atoms with Gasteiger partial charge in [0.2, 0.25) is 0 Å². The fraction of sp³-hybridized carbons (Fsp3) is 0.533.